The Morgan fingerprint density at radius 3 is 2.55 bits per heavy atom. The van der Waals surface area contributed by atoms with Crippen LogP contribution in [0.15, 0.2) is 36.7 Å². The highest BCUT2D eigenvalue weighted by Crippen LogP contribution is 2.13. The maximum atomic E-state index is 11.8. The molecule has 0 bridgehead atoms. The third-order valence-corrected chi connectivity index (χ3v) is 3.07. The number of nitrogens with two attached hydrogens (primary N) is 1. The van der Waals surface area contributed by atoms with Crippen molar-refractivity contribution in [3.05, 3.63) is 36.7 Å². The monoisotopic (exact) mass is 273 g/mol. The maximum absolute atomic E-state index is 11.8. The molecule has 0 radical (unpaired) electrons. The van der Waals surface area contributed by atoms with Crippen molar-refractivity contribution >= 4 is 11.6 Å². The van der Waals surface area contributed by atoms with Crippen molar-refractivity contribution in [1.82, 2.24) is 15.0 Å². The number of carbonyl (C=O) groups excluding carboxylic acids is 1. The summed E-state index contributed by atoms with van der Waals surface area (Å²) in [4.78, 5) is 13.3. The molecule has 0 aliphatic rings. The average Bonchev–Trinajstić information content (AvgIpc) is 2.99. The highest BCUT2D eigenvalue weighted by atomic mass is 16.1. The van der Waals surface area contributed by atoms with Gasteiger partial charge in [-0.15, -0.1) is 0 Å². The summed E-state index contributed by atoms with van der Waals surface area (Å²) >= 11 is 0. The molecular weight excluding hydrogens is 254 g/mol. The van der Waals surface area contributed by atoms with Crippen LogP contribution in [0.5, 0.6) is 0 Å². The fraction of sp³-hybridized carbons (Fsp3) is 0.357. The molecule has 0 aliphatic carbocycles. The number of nitrogens with one attached hydrogen (secondary N) is 1. The molecule has 1 aromatic carbocycles. The first-order valence-electron chi connectivity index (χ1n) is 6.65. The van der Waals surface area contributed by atoms with Crippen LogP contribution >= 0.6 is 0 Å². The number of amides is 1. The first-order valence-corrected chi connectivity index (χ1v) is 6.65. The number of rotatable bonds is 6. The number of hydrogen-bond donors (Lipinski definition) is 2. The number of hydrogen-bond acceptors (Lipinski definition) is 4. The zero-order valence-corrected chi connectivity index (χ0v) is 11.5. The Hall–Kier alpha value is -2.21. The van der Waals surface area contributed by atoms with Gasteiger partial charge in [0.2, 0.25) is 5.91 Å². The molecule has 0 aliphatic heterocycles. The summed E-state index contributed by atoms with van der Waals surface area (Å²) in [6.07, 6.45) is 4.53. The van der Waals surface area contributed by atoms with Crippen LogP contribution in [0.1, 0.15) is 19.8 Å². The molecule has 1 unspecified atom stereocenters. The number of nitrogens with zero attached hydrogens (tertiary/aromatic N) is 3. The summed E-state index contributed by atoms with van der Waals surface area (Å²) in [5.74, 6) is 0.379. The molecule has 106 valence electrons. The van der Waals surface area contributed by atoms with Crippen molar-refractivity contribution in [3.63, 3.8) is 0 Å². The lowest BCUT2D eigenvalue weighted by Crippen LogP contribution is -2.16. The van der Waals surface area contributed by atoms with E-state index in [9.17, 15) is 4.79 Å². The van der Waals surface area contributed by atoms with Gasteiger partial charge in [0.25, 0.3) is 0 Å². The second kappa shape index (κ2) is 6.81. The summed E-state index contributed by atoms with van der Waals surface area (Å²) in [5, 5.41) is 10.9. The van der Waals surface area contributed by atoms with Gasteiger partial charge >= 0.3 is 0 Å². The third-order valence-electron chi connectivity index (χ3n) is 3.07. The van der Waals surface area contributed by atoms with Crippen molar-refractivity contribution in [2.24, 2.45) is 11.7 Å². The van der Waals surface area contributed by atoms with Crippen LogP contribution in [0.25, 0.3) is 5.69 Å². The molecule has 3 N–H and O–H groups in total. The van der Waals surface area contributed by atoms with Gasteiger partial charge < -0.3 is 11.1 Å². The molecule has 6 heteroatoms. The van der Waals surface area contributed by atoms with E-state index in [0.29, 0.717) is 18.9 Å². The van der Waals surface area contributed by atoms with Gasteiger partial charge in [-0.3, -0.25) is 4.79 Å². The molecule has 0 spiro atoms. The Morgan fingerprint density at radius 2 is 1.95 bits per heavy atom. The van der Waals surface area contributed by atoms with Crippen molar-refractivity contribution in [2.45, 2.75) is 19.8 Å². The van der Waals surface area contributed by atoms with E-state index in [1.165, 1.54) is 4.80 Å². The second-order valence-corrected chi connectivity index (χ2v) is 4.79. The van der Waals surface area contributed by atoms with E-state index in [1.54, 1.807) is 12.4 Å². The Morgan fingerprint density at radius 1 is 1.30 bits per heavy atom. The second-order valence-electron chi connectivity index (χ2n) is 4.79. The van der Waals surface area contributed by atoms with Crippen molar-refractivity contribution in [1.29, 1.82) is 0 Å². The van der Waals surface area contributed by atoms with E-state index in [0.717, 1.165) is 17.8 Å². The molecule has 0 fully saturated rings. The van der Waals surface area contributed by atoms with Crippen LogP contribution in [0.4, 0.5) is 5.69 Å². The van der Waals surface area contributed by atoms with Crippen LogP contribution in [0, 0.1) is 5.92 Å². The number of carbonyl (C=O) groups is 1. The first kappa shape index (κ1) is 14.2. The van der Waals surface area contributed by atoms with Gasteiger partial charge in [-0.05, 0) is 43.1 Å². The molecule has 1 heterocycles. The molecule has 1 aromatic heterocycles. The van der Waals surface area contributed by atoms with E-state index >= 15 is 0 Å². The van der Waals surface area contributed by atoms with Crippen LogP contribution in [0.3, 0.4) is 0 Å². The molecule has 0 saturated heterocycles. The predicted molar refractivity (Wildman–Crippen MR) is 77.4 cm³/mol. The normalized spacial score (nSPS) is 12.1. The molecular formula is C14H19N5O. The lowest BCUT2D eigenvalue weighted by atomic mass is 10.1. The Bertz CT molecular complexity index is 535. The summed E-state index contributed by atoms with van der Waals surface area (Å²) in [7, 11) is 0. The van der Waals surface area contributed by atoms with Gasteiger partial charge in [0.15, 0.2) is 0 Å². The van der Waals surface area contributed by atoms with Gasteiger partial charge in [-0.2, -0.15) is 15.0 Å². The van der Waals surface area contributed by atoms with Gasteiger partial charge in [0.05, 0.1) is 18.1 Å². The SMILES string of the molecule is CC(CN)CCC(=O)Nc1ccc(-n2nccn2)cc1. The van der Waals surface area contributed by atoms with Crippen molar-refractivity contribution in [2.75, 3.05) is 11.9 Å². The van der Waals surface area contributed by atoms with E-state index < -0.39 is 0 Å². The van der Waals surface area contributed by atoms with Crippen molar-refractivity contribution in [3.8, 4) is 5.69 Å². The molecule has 0 saturated carbocycles. The molecule has 20 heavy (non-hydrogen) atoms. The Balaban J connectivity index is 1.89. The largest absolute Gasteiger partial charge is 0.330 e. The van der Waals surface area contributed by atoms with E-state index in [-0.39, 0.29) is 5.91 Å². The van der Waals surface area contributed by atoms with E-state index in [4.69, 9.17) is 5.73 Å². The van der Waals surface area contributed by atoms with Crippen LogP contribution in [-0.4, -0.2) is 27.4 Å². The molecule has 2 aromatic rings. The standard InChI is InChI=1S/C14H19N5O/c1-11(10-15)2-7-14(20)18-12-3-5-13(6-4-12)19-16-8-9-17-19/h3-6,8-9,11H,2,7,10,15H2,1H3,(H,18,20). The minimum atomic E-state index is 0.00950. The quantitative estimate of drug-likeness (QED) is 0.836. The van der Waals surface area contributed by atoms with Crippen LogP contribution in [-0.2, 0) is 4.79 Å². The third kappa shape index (κ3) is 3.89. The minimum absolute atomic E-state index is 0.00950. The zero-order valence-electron chi connectivity index (χ0n) is 11.5. The summed E-state index contributed by atoms with van der Waals surface area (Å²) in [5.41, 5.74) is 7.15. The summed E-state index contributed by atoms with van der Waals surface area (Å²) in [6, 6.07) is 7.39. The predicted octanol–water partition coefficient (Wildman–Crippen LogP) is 1.58. The fourth-order valence-electron chi connectivity index (χ4n) is 1.75. The lowest BCUT2D eigenvalue weighted by molar-refractivity contribution is -0.116. The summed E-state index contributed by atoms with van der Waals surface area (Å²) in [6.45, 7) is 2.65. The Kier molecular flexibility index (Phi) is 4.84. The van der Waals surface area contributed by atoms with Crippen LogP contribution in [0.2, 0.25) is 0 Å². The molecule has 1 atom stereocenters. The maximum Gasteiger partial charge on any atom is 0.224 e. The fourth-order valence-corrected chi connectivity index (χ4v) is 1.75. The van der Waals surface area contributed by atoms with Crippen molar-refractivity contribution < 1.29 is 4.79 Å². The summed E-state index contributed by atoms with van der Waals surface area (Å²) < 4.78 is 0. The topological polar surface area (TPSA) is 85.8 Å². The average molecular weight is 273 g/mol. The van der Waals surface area contributed by atoms with E-state index in [2.05, 4.69) is 15.5 Å². The van der Waals surface area contributed by atoms with Crippen LogP contribution < -0.4 is 11.1 Å². The first-order chi connectivity index (χ1) is 9.69. The zero-order chi connectivity index (χ0) is 14.4. The number of anilines is 1. The highest BCUT2D eigenvalue weighted by Gasteiger charge is 2.06. The highest BCUT2D eigenvalue weighted by molar-refractivity contribution is 5.90. The number of benzene rings is 1. The molecule has 1 amide bonds. The number of aromatic nitrogens is 3. The van der Waals surface area contributed by atoms with Gasteiger partial charge in [0, 0.05) is 12.1 Å². The molecule has 6 nitrogen and oxygen atoms in total. The minimum Gasteiger partial charge on any atom is -0.330 e. The Labute approximate surface area is 118 Å². The van der Waals surface area contributed by atoms with E-state index in [1.807, 2.05) is 31.2 Å². The van der Waals surface area contributed by atoms with Gasteiger partial charge in [0.1, 0.15) is 0 Å². The smallest absolute Gasteiger partial charge is 0.224 e. The van der Waals surface area contributed by atoms with Gasteiger partial charge in [-0.1, -0.05) is 6.92 Å². The lowest BCUT2D eigenvalue weighted by Gasteiger charge is -2.09. The van der Waals surface area contributed by atoms with Gasteiger partial charge in [-0.25, -0.2) is 0 Å². The molecule has 2 rings (SSSR count).